The first kappa shape index (κ1) is 14.8. The number of anilines is 1. The Bertz CT molecular complexity index is 643. The van der Waals surface area contributed by atoms with Crippen LogP contribution in [0.1, 0.15) is 29.5 Å². The molecule has 1 amide bonds. The zero-order chi connectivity index (χ0) is 15.2. The van der Waals surface area contributed by atoms with Gasteiger partial charge in [0.1, 0.15) is 17.4 Å². The van der Waals surface area contributed by atoms with Crippen LogP contribution in [0.15, 0.2) is 30.3 Å². The number of ether oxygens (including phenoxy) is 1. The quantitative estimate of drug-likeness (QED) is 0.850. The third kappa shape index (κ3) is 3.68. The molecule has 0 bridgehead atoms. The Morgan fingerprint density at radius 1 is 1.33 bits per heavy atom. The van der Waals surface area contributed by atoms with Crippen molar-refractivity contribution in [3.8, 4) is 11.6 Å². The van der Waals surface area contributed by atoms with Gasteiger partial charge in [0.05, 0.1) is 5.56 Å². The van der Waals surface area contributed by atoms with Gasteiger partial charge >= 0.3 is 0 Å². The van der Waals surface area contributed by atoms with Gasteiger partial charge < -0.3 is 15.8 Å². The molecule has 0 fully saturated rings. The first-order chi connectivity index (χ1) is 10.1. The van der Waals surface area contributed by atoms with E-state index >= 15 is 0 Å². The summed E-state index contributed by atoms with van der Waals surface area (Å²) in [6.45, 7) is 2.05. The zero-order valence-corrected chi connectivity index (χ0v) is 12.1. The minimum atomic E-state index is -0.540. The summed E-state index contributed by atoms with van der Waals surface area (Å²) in [5.41, 5.74) is 5.66. The van der Waals surface area contributed by atoms with Crippen molar-refractivity contribution in [2.75, 3.05) is 12.4 Å². The van der Waals surface area contributed by atoms with Crippen LogP contribution in [0, 0.1) is 0 Å². The lowest BCUT2D eigenvalue weighted by Gasteiger charge is -2.10. The van der Waals surface area contributed by atoms with E-state index in [0.717, 1.165) is 12.8 Å². The van der Waals surface area contributed by atoms with Crippen molar-refractivity contribution < 1.29 is 9.53 Å². The fourth-order valence-electron chi connectivity index (χ4n) is 1.86. The van der Waals surface area contributed by atoms with Crippen LogP contribution in [0.5, 0.6) is 11.6 Å². The lowest BCUT2D eigenvalue weighted by molar-refractivity contribution is 0.0998. The highest BCUT2D eigenvalue weighted by atomic mass is 16.5. The van der Waals surface area contributed by atoms with E-state index in [1.54, 1.807) is 37.4 Å². The molecule has 0 atom stereocenters. The molecule has 6 heteroatoms. The molecule has 0 radical (unpaired) electrons. The Morgan fingerprint density at radius 2 is 2.10 bits per heavy atom. The Hall–Kier alpha value is -2.63. The van der Waals surface area contributed by atoms with Crippen LogP contribution in [-0.2, 0) is 6.42 Å². The van der Waals surface area contributed by atoms with Crippen LogP contribution in [0.4, 0.5) is 5.82 Å². The molecule has 0 aliphatic carbocycles. The first-order valence-electron chi connectivity index (χ1n) is 6.76. The van der Waals surface area contributed by atoms with Crippen LogP contribution in [0.25, 0.3) is 0 Å². The summed E-state index contributed by atoms with van der Waals surface area (Å²) in [7, 11) is 1.78. The average Bonchev–Trinajstić information content (AvgIpc) is 2.47. The van der Waals surface area contributed by atoms with Crippen molar-refractivity contribution in [2.24, 2.45) is 5.73 Å². The van der Waals surface area contributed by atoms with E-state index < -0.39 is 5.91 Å². The van der Waals surface area contributed by atoms with Gasteiger partial charge in [-0.05, 0) is 18.6 Å². The van der Waals surface area contributed by atoms with E-state index in [4.69, 9.17) is 10.5 Å². The van der Waals surface area contributed by atoms with Gasteiger partial charge in [0.25, 0.3) is 5.91 Å². The second-order valence-corrected chi connectivity index (χ2v) is 4.47. The van der Waals surface area contributed by atoms with Crippen LogP contribution in [0.2, 0.25) is 0 Å². The highest BCUT2D eigenvalue weighted by molar-refractivity contribution is 5.95. The third-order valence-electron chi connectivity index (χ3n) is 2.85. The molecule has 0 unspecified atom stereocenters. The van der Waals surface area contributed by atoms with Crippen molar-refractivity contribution in [2.45, 2.75) is 19.8 Å². The summed E-state index contributed by atoms with van der Waals surface area (Å²) in [6, 6.07) is 8.48. The van der Waals surface area contributed by atoms with Gasteiger partial charge in [-0.2, -0.15) is 4.98 Å². The average molecular weight is 286 g/mol. The van der Waals surface area contributed by atoms with Crippen LogP contribution < -0.4 is 15.8 Å². The normalized spacial score (nSPS) is 10.2. The summed E-state index contributed by atoms with van der Waals surface area (Å²) in [6.07, 6.45) is 1.69. The standard InChI is InChI=1S/C15H18N4O2/c1-3-6-12-18-13(17-2)9-14(19-12)21-11-8-5-4-7-10(11)15(16)20/h4-5,7-9H,3,6H2,1-2H3,(H2,16,20)(H,17,18,19). The summed E-state index contributed by atoms with van der Waals surface area (Å²) in [4.78, 5) is 20.1. The summed E-state index contributed by atoms with van der Waals surface area (Å²) in [5.74, 6) is 1.58. The van der Waals surface area contributed by atoms with Gasteiger partial charge in [-0.3, -0.25) is 4.79 Å². The van der Waals surface area contributed by atoms with E-state index in [9.17, 15) is 4.79 Å². The van der Waals surface area contributed by atoms with Gasteiger partial charge in [0.2, 0.25) is 5.88 Å². The summed E-state index contributed by atoms with van der Waals surface area (Å²) >= 11 is 0. The number of aryl methyl sites for hydroxylation is 1. The van der Waals surface area contributed by atoms with Gasteiger partial charge in [-0.25, -0.2) is 4.98 Å². The molecule has 2 aromatic rings. The number of carbonyl (C=O) groups is 1. The van der Waals surface area contributed by atoms with Gasteiger partial charge in [-0.15, -0.1) is 0 Å². The maximum absolute atomic E-state index is 11.4. The second kappa shape index (κ2) is 6.69. The summed E-state index contributed by atoms with van der Waals surface area (Å²) in [5, 5.41) is 2.97. The van der Waals surface area contributed by atoms with Gasteiger partial charge in [0.15, 0.2) is 0 Å². The molecular formula is C15H18N4O2. The lowest BCUT2D eigenvalue weighted by atomic mass is 10.2. The number of benzene rings is 1. The van der Waals surface area contributed by atoms with Crippen LogP contribution in [0.3, 0.4) is 0 Å². The number of hydrogen-bond donors (Lipinski definition) is 2. The van der Waals surface area contributed by atoms with Crippen molar-refractivity contribution in [3.05, 3.63) is 41.7 Å². The number of nitrogens with zero attached hydrogens (tertiary/aromatic N) is 2. The Morgan fingerprint density at radius 3 is 2.76 bits per heavy atom. The second-order valence-electron chi connectivity index (χ2n) is 4.47. The van der Waals surface area contributed by atoms with E-state index in [-0.39, 0.29) is 0 Å². The fraction of sp³-hybridized carbons (Fsp3) is 0.267. The van der Waals surface area contributed by atoms with E-state index in [0.29, 0.717) is 28.8 Å². The zero-order valence-electron chi connectivity index (χ0n) is 12.1. The number of aromatic nitrogens is 2. The highest BCUT2D eigenvalue weighted by Gasteiger charge is 2.11. The van der Waals surface area contributed by atoms with E-state index in [1.807, 2.05) is 0 Å². The molecule has 0 saturated carbocycles. The minimum absolute atomic E-state index is 0.319. The van der Waals surface area contributed by atoms with Crippen LogP contribution >= 0.6 is 0 Å². The topological polar surface area (TPSA) is 90.1 Å². The Kier molecular flexibility index (Phi) is 4.71. The largest absolute Gasteiger partial charge is 0.438 e. The highest BCUT2D eigenvalue weighted by Crippen LogP contribution is 2.25. The molecule has 21 heavy (non-hydrogen) atoms. The van der Waals surface area contributed by atoms with E-state index in [2.05, 4.69) is 22.2 Å². The lowest BCUT2D eigenvalue weighted by Crippen LogP contribution is -2.12. The smallest absolute Gasteiger partial charge is 0.252 e. The molecule has 6 nitrogen and oxygen atoms in total. The predicted molar refractivity (Wildman–Crippen MR) is 80.6 cm³/mol. The molecule has 2 rings (SSSR count). The fourth-order valence-corrected chi connectivity index (χ4v) is 1.86. The maximum Gasteiger partial charge on any atom is 0.252 e. The number of nitrogens with two attached hydrogens (primary N) is 1. The minimum Gasteiger partial charge on any atom is -0.438 e. The first-order valence-corrected chi connectivity index (χ1v) is 6.76. The molecule has 0 aliphatic rings. The molecule has 0 saturated heterocycles. The number of primary amides is 1. The molecule has 1 aromatic carbocycles. The molecule has 3 N–H and O–H groups in total. The van der Waals surface area contributed by atoms with Crippen LogP contribution in [-0.4, -0.2) is 22.9 Å². The summed E-state index contributed by atoms with van der Waals surface area (Å²) < 4.78 is 5.71. The number of rotatable bonds is 6. The number of hydrogen-bond acceptors (Lipinski definition) is 5. The van der Waals surface area contributed by atoms with E-state index in [1.165, 1.54) is 0 Å². The SMILES string of the molecule is CCCc1nc(NC)cc(Oc2ccccc2C(N)=O)n1. The van der Waals surface area contributed by atoms with Crippen molar-refractivity contribution >= 4 is 11.7 Å². The number of para-hydroxylation sites is 1. The molecule has 110 valence electrons. The third-order valence-corrected chi connectivity index (χ3v) is 2.85. The molecule has 1 heterocycles. The molecular weight excluding hydrogens is 268 g/mol. The number of amides is 1. The van der Waals surface area contributed by atoms with Crippen molar-refractivity contribution in [1.29, 1.82) is 0 Å². The number of carbonyl (C=O) groups excluding carboxylic acids is 1. The number of nitrogens with one attached hydrogen (secondary N) is 1. The van der Waals surface area contributed by atoms with Gasteiger partial charge in [0, 0.05) is 19.5 Å². The van der Waals surface area contributed by atoms with Crippen molar-refractivity contribution in [1.82, 2.24) is 9.97 Å². The Labute approximate surface area is 123 Å². The van der Waals surface area contributed by atoms with Gasteiger partial charge in [-0.1, -0.05) is 19.1 Å². The Balaban J connectivity index is 2.35. The van der Waals surface area contributed by atoms with Crippen molar-refractivity contribution in [3.63, 3.8) is 0 Å². The molecule has 0 aliphatic heterocycles. The molecule has 0 spiro atoms. The maximum atomic E-state index is 11.4. The monoisotopic (exact) mass is 286 g/mol. The predicted octanol–water partition coefficient (Wildman–Crippen LogP) is 2.36. The molecule has 1 aromatic heterocycles.